The molecule has 6 rings (SSSR count). The Kier molecular flexibility index (Phi) is 15.5. The smallest absolute Gasteiger partial charge is 0.339 e. The molecule has 6 aromatic rings. The van der Waals surface area contributed by atoms with Crippen molar-refractivity contribution >= 4 is 35.1 Å². The van der Waals surface area contributed by atoms with E-state index in [1.165, 1.54) is 24.3 Å². The molecule has 65 heavy (non-hydrogen) atoms. The predicted molar refractivity (Wildman–Crippen MR) is 246 cm³/mol. The van der Waals surface area contributed by atoms with Crippen LogP contribution >= 0.6 is 0 Å². The first-order chi connectivity index (χ1) is 31.3. The Labute approximate surface area is 377 Å². The summed E-state index contributed by atoms with van der Waals surface area (Å²) in [5.41, 5.74) is 4.18. The molecule has 2 amide bonds. The van der Waals surface area contributed by atoms with Crippen LogP contribution in [0.3, 0.4) is 0 Å². The van der Waals surface area contributed by atoms with Crippen molar-refractivity contribution in [3.05, 3.63) is 190 Å². The van der Waals surface area contributed by atoms with Crippen molar-refractivity contribution in [2.24, 2.45) is 0 Å². The number of benzene rings is 6. The number of rotatable bonds is 18. The molecular weight excluding hydrogens is 825 g/mol. The number of amides is 2. The summed E-state index contributed by atoms with van der Waals surface area (Å²) in [5, 5.41) is 26.6. The predicted octanol–water partition coefficient (Wildman–Crippen LogP) is 7.67. The summed E-state index contributed by atoms with van der Waals surface area (Å²) in [6.45, 7) is 3.10. The molecule has 2 atom stereocenters. The van der Waals surface area contributed by atoms with E-state index in [0.717, 1.165) is 11.1 Å². The van der Waals surface area contributed by atoms with E-state index in [9.17, 15) is 29.4 Å². The fourth-order valence-corrected chi connectivity index (χ4v) is 6.50. The van der Waals surface area contributed by atoms with Gasteiger partial charge < -0.3 is 39.8 Å². The van der Waals surface area contributed by atoms with Crippen LogP contribution in [0.15, 0.2) is 146 Å². The molecule has 2 unspecified atom stereocenters. The summed E-state index contributed by atoms with van der Waals surface area (Å²) < 4.78 is 22.2. The van der Waals surface area contributed by atoms with Crippen LogP contribution in [-0.4, -0.2) is 72.6 Å². The first-order valence-corrected chi connectivity index (χ1v) is 20.5. The quantitative estimate of drug-likeness (QED) is 0.0497. The number of hydrogen-bond donors (Lipinski definition) is 4. The average molecular weight is 871 g/mol. The second kappa shape index (κ2) is 21.8. The van der Waals surface area contributed by atoms with E-state index in [1.54, 1.807) is 97.1 Å². The lowest BCUT2D eigenvalue weighted by Crippen LogP contribution is -2.26. The summed E-state index contributed by atoms with van der Waals surface area (Å²) >= 11 is 0. The van der Waals surface area contributed by atoms with Gasteiger partial charge in [0.1, 0.15) is 50.1 Å². The highest BCUT2D eigenvalue weighted by atomic mass is 16.6. The van der Waals surface area contributed by atoms with Crippen molar-refractivity contribution in [2.45, 2.75) is 31.5 Å². The zero-order chi connectivity index (χ0) is 46.3. The fourth-order valence-electron chi connectivity index (χ4n) is 6.50. The van der Waals surface area contributed by atoms with Gasteiger partial charge in [-0.05, 0) is 108 Å². The van der Waals surface area contributed by atoms with Gasteiger partial charge in [-0.3, -0.25) is 9.59 Å². The zero-order valence-electron chi connectivity index (χ0n) is 35.7. The average Bonchev–Trinajstić information content (AvgIpc) is 3.34. The third kappa shape index (κ3) is 12.5. The van der Waals surface area contributed by atoms with Crippen LogP contribution in [0.5, 0.6) is 11.5 Å². The number of hydrogen-bond acceptors (Lipinski definition) is 10. The number of carbonyl (C=O) groups excluding carboxylic acids is 4. The topological polar surface area (TPSA) is 170 Å². The summed E-state index contributed by atoms with van der Waals surface area (Å²) in [7, 11) is 0. The monoisotopic (exact) mass is 870 g/mol. The summed E-state index contributed by atoms with van der Waals surface area (Å²) in [5.74, 6) is 3.46. The van der Waals surface area contributed by atoms with Gasteiger partial charge in [0.05, 0.1) is 22.3 Å². The molecule has 0 aromatic heterocycles. The molecule has 12 nitrogen and oxygen atoms in total. The van der Waals surface area contributed by atoms with E-state index in [4.69, 9.17) is 31.8 Å². The molecule has 0 fully saturated rings. The number of anilines is 2. The van der Waals surface area contributed by atoms with Gasteiger partial charge in [-0.25, -0.2) is 9.59 Å². The molecule has 6 aromatic carbocycles. The number of terminal acetylenes is 2. The number of esters is 2. The molecule has 0 aliphatic carbocycles. The molecule has 0 saturated heterocycles. The highest BCUT2D eigenvalue weighted by molar-refractivity contribution is 6.12. The highest BCUT2D eigenvalue weighted by Gasteiger charge is 2.24. The van der Waals surface area contributed by atoms with E-state index in [1.807, 2.05) is 24.3 Å². The third-order valence-corrected chi connectivity index (χ3v) is 10.3. The number of carbonyl (C=O) groups is 4. The molecule has 0 aliphatic heterocycles. The maximum absolute atomic E-state index is 13.0. The van der Waals surface area contributed by atoms with Crippen LogP contribution in [0.4, 0.5) is 11.4 Å². The van der Waals surface area contributed by atoms with Crippen molar-refractivity contribution in [3.8, 4) is 36.2 Å². The van der Waals surface area contributed by atoms with Crippen LogP contribution in [0, 0.1) is 24.7 Å². The van der Waals surface area contributed by atoms with Crippen molar-refractivity contribution in [3.63, 3.8) is 0 Å². The van der Waals surface area contributed by atoms with E-state index >= 15 is 0 Å². The maximum atomic E-state index is 13.0. The molecule has 0 saturated carbocycles. The molecule has 0 spiro atoms. The molecule has 0 radical (unpaired) electrons. The van der Waals surface area contributed by atoms with Gasteiger partial charge in [0.25, 0.3) is 11.8 Å². The van der Waals surface area contributed by atoms with Gasteiger partial charge in [-0.1, -0.05) is 74.2 Å². The van der Waals surface area contributed by atoms with Crippen LogP contribution in [0.2, 0.25) is 0 Å². The van der Waals surface area contributed by atoms with E-state index in [0.29, 0.717) is 34.0 Å². The van der Waals surface area contributed by atoms with Crippen molar-refractivity contribution < 1.29 is 48.3 Å². The van der Waals surface area contributed by atoms with Gasteiger partial charge >= 0.3 is 11.9 Å². The summed E-state index contributed by atoms with van der Waals surface area (Å²) in [4.78, 5) is 51.9. The number of ether oxygens (including phenoxy) is 4. The Bertz CT molecular complexity index is 2510. The van der Waals surface area contributed by atoms with Gasteiger partial charge in [0, 0.05) is 27.9 Å². The molecule has 0 bridgehead atoms. The second-order valence-corrected chi connectivity index (χ2v) is 15.2. The molecular formula is C53H46N2O10. The Morgan fingerprint density at radius 1 is 0.508 bits per heavy atom. The van der Waals surface area contributed by atoms with Gasteiger partial charge in [-0.15, -0.1) is 12.8 Å². The normalized spacial score (nSPS) is 11.7. The number of aliphatic hydroxyl groups excluding tert-OH is 2. The Hall–Kier alpha value is -8.16. The van der Waals surface area contributed by atoms with Gasteiger partial charge in [0.15, 0.2) is 0 Å². The van der Waals surface area contributed by atoms with E-state index in [2.05, 4.69) is 36.3 Å². The minimum absolute atomic E-state index is 0.0436. The lowest BCUT2D eigenvalue weighted by Gasteiger charge is -2.26. The molecule has 328 valence electrons. The largest absolute Gasteiger partial charge is 0.491 e. The summed E-state index contributed by atoms with van der Waals surface area (Å²) in [6.07, 6.45) is 8.51. The SMILES string of the molecule is C#Cc1ccc(NC(=O)c2ccccc2C(=O)OCC(O)COc2ccc(C(C)(C)c3ccc(OCC(O)COC(=O)c4ccccc4C(=O)Nc4ccc(C#C)cc4)cc3)cc2)cc1. The fraction of sp³-hybridized carbons (Fsp3) is 0.170. The molecule has 0 heterocycles. The van der Waals surface area contributed by atoms with Gasteiger partial charge in [-0.2, -0.15) is 0 Å². The maximum Gasteiger partial charge on any atom is 0.339 e. The number of nitrogens with one attached hydrogen (secondary N) is 2. The lowest BCUT2D eigenvalue weighted by molar-refractivity contribution is 0.0126. The first kappa shape index (κ1) is 46.3. The standard InChI is InChI=1S/C53H46N2O10/c1-5-35-15-23-39(24-16-35)54-49(58)45-11-7-9-13-47(45)51(60)64-33-41(56)31-62-43-27-19-37(20-28-43)53(3,4)38-21-29-44(30-22-38)63-32-42(57)34-65-52(61)48-14-10-8-12-46(48)50(59)55-40-25-17-36(6-2)18-26-40/h1-2,7-30,41-42,56-57H,31-34H2,3-4H3,(H,54,58)(H,55,59). The van der Waals surface area contributed by atoms with Crippen LogP contribution in [-0.2, 0) is 14.9 Å². The van der Waals surface area contributed by atoms with Crippen LogP contribution in [0.25, 0.3) is 0 Å². The van der Waals surface area contributed by atoms with Crippen LogP contribution < -0.4 is 20.1 Å². The minimum Gasteiger partial charge on any atom is -0.491 e. The minimum atomic E-state index is -1.14. The number of aliphatic hydroxyl groups is 2. The molecule has 0 aliphatic rings. The zero-order valence-corrected chi connectivity index (χ0v) is 35.7. The highest BCUT2D eigenvalue weighted by Crippen LogP contribution is 2.33. The first-order valence-electron chi connectivity index (χ1n) is 20.5. The second-order valence-electron chi connectivity index (χ2n) is 15.2. The Balaban J connectivity index is 0.932. The van der Waals surface area contributed by atoms with Crippen molar-refractivity contribution in [2.75, 3.05) is 37.1 Å². The molecule has 12 heteroatoms. The van der Waals surface area contributed by atoms with Crippen molar-refractivity contribution in [1.29, 1.82) is 0 Å². The van der Waals surface area contributed by atoms with E-state index in [-0.39, 0.29) is 48.7 Å². The Morgan fingerprint density at radius 2 is 0.846 bits per heavy atom. The lowest BCUT2D eigenvalue weighted by atomic mass is 9.78. The third-order valence-electron chi connectivity index (χ3n) is 10.3. The van der Waals surface area contributed by atoms with E-state index < -0.39 is 41.4 Å². The Morgan fingerprint density at radius 3 is 1.18 bits per heavy atom. The molecule has 4 N–H and O–H groups in total. The summed E-state index contributed by atoms with van der Waals surface area (Å²) in [6, 6.07) is 40.6. The van der Waals surface area contributed by atoms with Crippen LogP contribution in [0.1, 0.15) is 77.5 Å². The van der Waals surface area contributed by atoms with Gasteiger partial charge in [0.2, 0.25) is 0 Å². The van der Waals surface area contributed by atoms with Crippen molar-refractivity contribution in [1.82, 2.24) is 0 Å².